The van der Waals surface area contributed by atoms with Gasteiger partial charge in [-0.1, -0.05) is 36.4 Å². The third-order valence-electron chi connectivity index (χ3n) is 4.61. The van der Waals surface area contributed by atoms with Gasteiger partial charge in [-0.3, -0.25) is 4.98 Å². The van der Waals surface area contributed by atoms with Crippen LogP contribution in [0.2, 0.25) is 0 Å². The minimum atomic E-state index is -1.02. The number of nitriles is 1. The molecule has 0 radical (unpaired) electrons. The minimum Gasteiger partial charge on any atom is -0.488 e. The van der Waals surface area contributed by atoms with Crippen LogP contribution in [-0.4, -0.2) is 16.1 Å². The molecule has 0 bridgehead atoms. The lowest BCUT2D eigenvalue weighted by Crippen LogP contribution is -1.99. The SMILES string of the molecule is N#Cc1cc(-c2cc(C(=O)O)ccn2)ccc1OCc1ccc2ccccc2c1. The summed E-state index contributed by atoms with van der Waals surface area (Å²) in [6, 6.07) is 24.4. The molecular weight excluding hydrogens is 364 g/mol. The standard InChI is InChI=1S/C24H16N2O3/c25-14-21-12-19(22-13-20(24(27)28)9-10-26-22)7-8-23(21)29-15-16-5-6-17-3-1-2-4-18(17)11-16/h1-13H,15H2,(H,27,28). The van der Waals surface area contributed by atoms with Crippen molar-refractivity contribution in [3.8, 4) is 23.1 Å². The van der Waals surface area contributed by atoms with E-state index in [-0.39, 0.29) is 5.56 Å². The van der Waals surface area contributed by atoms with Crippen molar-refractivity contribution in [2.45, 2.75) is 6.61 Å². The highest BCUT2D eigenvalue weighted by Gasteiger charge is 2.10. The van der Waals surface area contributed by atoms with Gasteiger partial charge in [-0.05, 0) is 52.7 Å². The molecule has 0 atom stereocenters. The van der Waals surface area contributed by atoms with Gasteiger partial charge in [0.15, 0.2) is 0 Å². The van der Waals surface area contributed by atoms with Gasteiger partial charge in [0.05, 0.1) is 16.8 Å². The van der Waals surface area contributed by atoms with Gasteiger partial charge < -0.3 is 9.84 Å². The normalized spacial score (nSPS) is 10.4. The maximum Gasteiger partial charge on any atom is 0.335 e. The first-order valence-electron chi connectivity index (χ1n) is 8.98. The predicted octanol–water partition coefficient (Wildman–Crippen LogP) is 5.05. The Morgan fingerprint density at radius 2 is 1.83 bits per heavy atom. The van der Waals surface area contributed by atoms with E-state index in [1.54, 1.807) is 18.2 Å². The predicted molar refractivity (Wildman–Crippen MR) is 110 cm³/mol. The van der Waals surface area contributed by atoms with E-state index in [9.17, 15) is 10.1 Å². The van der Waals surface area contributed by atoms with E-state index in [1.807, 2.05) is 30.3 Å². The van der Waals surface area contributed by atoms with Crippen LogP contribution in [0.15, 0.2) is 79.0 Å². The van der Waals surface area contributed by atoms with Crippen molar-refractivity contribution >= 4 is 16.7 Å². The van der Waals surface area contributed by atoms with Gasteiger partial charge in [-0.15, -0.1) is 0 Å². The molecular formula is C24H16N2O3. The summed E-state index contributed by atoms with van der Waals surface area (Å²) in [6.45, 7) is 0.339. The Bertz CT molecular complexity index is 1260. The Morgan fingerprint density at radius 3 is 2.62 bits per heavy atom. The van der Waals surface area contributed by atoms with E-state index >= 15 is 0 Å². The molecule has 29 heavy (non-hydrogen) atoms. The van der Waals surface area contributed by atoms with Crippen LogP contribution in [0, 0.1) is 11.3 Å². The van der Waals surface area contributed by atoms with Gasteiger partial charge in [-0.25, -0.2) is 4.79 Å². The van der Waals surface area contributed by atoms with Gasteiger partial charge >= 0.3 is 5.97 Å². The van der Waals surface area contributed by atoms with Crippen molar-refractivity contribution in [3.05, 3.63) is 95.7 Å². The number of rotatable bonds is 5. The Kier molecular flexibility index (Phi) is 4.91. The van der Waals surface area contributed by atoms with Crippen LogP contribution in [0.25, 0.3) is 22.0 Å². The third-order valence-corrected chi connectivity index (χ3v) is 4.61. The number of benzene rings is 3. The summed E-state index contributed by atoms with van der Waals surface area (Å²) in [5.41, 5.74) is 2.66. The summed E-state index contributed by atoms with van der Waals surface area (Å²) in [4.78, 5) is 15.4. The second-order valence-corrected chi connectivity index (χ2v) is 6.53. The molecule has 0 aliphatic carbocycles. The van der Waals surface area contributed by atoms with Crippen LogP contribution >= 0.6 is 0 Å². The number of hydrogen-bond donors (Lipinski definition) is 1. The number of aromatic nitrogens is 1. The van der Waals surface area contributed by atoms with Crippen LogP contribution in [0.3, 0.4) is 0 Å². The van der Waals surface area contributed by atoms with Gasteiger partial charge in [0.1, 0.15) is 18.4 Å². The molecule has 0 saturated carbocycles. The topological polar surface area (TPSA) is 83.2 Å². The molecule has 0 aliphatic heterocycles. The van der Waals surface area contributed by atoms with Crippen LogP contribution in [0.1, 0.15) is 21.5 Å². The quantitative estimate of drug-likeness (QED) is 0.524. The van der Waals surface area contributed by atoms with E-state index in [2.05, 4.69) is 23.2 Å². The van der Waals surface area contributed by atoms with Crippen LogP contribution in [-0.2, 0) is 6.61 Å². The van der Waals surface area contributed by atoms with E-state index in [1.165, 1.54) is 18.3 Å². The number of carboxylic acids is 1. The molecule has 0 saturated heterocycles. The number of nitrogens with zero attached hydrogens (tertiary/aromatic N) is 2. The second-order valence-electron chi connectivity index (χ2n) is 6.53. The zero-order chi connectivity index (χ0) is 20.2. The molecule has 5 heteroatoms. The Labute approximate surface area is 167 Å². The molecule has 4 aromatic rings. The number of aromatic carboxylic acids is 1. The lowest BCUT2D eigenvalue weighted by Gasteiger charge is -2.10. The zero-order valence-corrected chi connectivity index (χ0v) is 15.4. The van der Waals surface area contributed by atoms with Crippen molar-refractivity contribution in [2.75, 3.05) is 0 Å². The van der Waals surface area contributed by atoms with E-state index in [4.69, 9.17) is 9.84 Å². The summed E-state index contributed by atoms with van der Waals surface area (Å²) >= 11 is 0. The average molecular weight is 380 g/mol. The highest BCUT2D eigenvalue weighted by molar-refractivity contribution is 5.89. The van der Waals surface area contributed by atoms with E-state index in [0.717, 1.165) is 16.3 Å². The Balaban J connectivity index is 1.57. The number of hydrogen-bond acceptors (Lipinski definition) is 4. The van der Waals surface area contributed by atoms with E-state index in [0.29, 0.717) is 29.2 Å². The van der Waals surface area contributed by atoms with Crippen LogP contribution in [0.5, 0.6) is 5.75 Å². The maximum atomic E-state index is 11.2. The molecule has 0 aliphatic rings. The first-order valence-corrected chi connectivity index (χ1v) is 8.98. The maximum absolute atomic E-state index is 11.2. The molecule has 5 nitrogen and oxygen atoms in total. The largest absolute Gasteiger partial charge is 0.488 e. The Morgan fingerprint density at radius 1 is 1.00 bits per heavy atom. The number of ether oxygens (including phenoxy) is 1. The fourth-order valence-electron chi connectivity index (χ4n) is 3.11. The molecule has 140 valence electrons. The van der Waals surface area contributed by atoms with E-state index < -0.39 is 5.97 Å². The highest BCUT2D eigenvalue weighted by Crippen LogP contribution is 2.27. The Hall–Kier alpha value is -4.17. The van der Waals surface area contributed by atoms with Gasteiger partial charge in [0.25, 0.3) is 0 Å². The lowest BCUT2D eigenvalue weighted by molar-refractivity contribution is 0.0697. The molecule has 3 aromatic carbocycles. The van der Waals surface area contributed by atoms with Crippen molar-refractivity contribution in [2.24, 2.45) is 0 Å². The highest BCUT2D eigenvalue weighted by atomic mass is 16.5. The van der Waals surface area contributed by atoms with Gasteiger partial charge in [-0.2, -0.15) is 5.26 Å². The molecule has 0 amide bonds. The lowest BCUT2D eigenvalue weighted by atomic mass is 10.1. The number of carbonyl (C=O) groups is 1. The summed E-state index contributed by atoms with van der Waals surface area (Å²) in [7, 11) is 0. The summed E-state index contributed by atoms with van der Waals surface area (Å²) in [5.74, 6) is -0.553. The minimum absolute atomic E-state index is 0.144. The van der Waals surface area contributed by atoms with Crippen molar-refractivity contribution in [1.29, 1.82) is 5.26 Å². The monoisotopic (exact) mass is 380 g/mol. The molecule has 4 rings (SSSR count). The van der Waals surface area contributed by atoms with Crippen LogP contribution in [0.4, 0.5) is 0 Å². The molecule has 0 fully saturated rings. The number of fused-ring (bicyclic) bond motifs is 1. The molecule has 0 spiro atoms. The fraction of sp³-hybridized carbons (Fsp3) is 0.0417. The van der Waals surface area contributed by atoms with Gasteiger partial charge in [0.2, 0.25) is 0 Å². The average Bonchev–Trinajstić information content (AvgIpc) is 2.77. The number of pyridine rings is 1. The molecule has 0 unspecified atom stereocenters. The van der Waals surface area contributed by atoms with Crippen molar-refractivity contribution < 1.29 is 14.6 Å². The third kappa shape index (κ3) is 3.92. The fourth-order valence-corrected chi connectivity index (χ4v) is 3.11. The van der Waals surface area contributed by atoms with Crippen molar-refractivity contribution in [3.63, 3.8) is 0 Å². The molecule has 1 aromatic heterocycles. The second kappa shape index (κ2) is 7.83. The zero-order valence-electron chi connectivity index (χ0n) is 15.4. The summed E-state index contributed by atoms with van der Waals surface area (Å²) in [5, 5.41) is 21.0. The summed E-state index contributed by atoms with van der Waals surface area (Å²) in [6.07, 6.45) is 1.44. The smallest absolute Gasteiger partial charge is 0.335 e. The first kappa shape index (κ1) is 18.2. The van der Waals surface area contributed by atoms with Crippen LogP contribution < -0.4 is 4.74 Å². The number of carboxylic acid groups (broad SMARTS) is 1. The molecule has 1 N–H and O–H groups in total. The first-order chi connectivity index (χ1) is 14.1. The molecule has 1 heterocycles. The summed E-state index contributed by atoms with van der Waals surface area (Å²) < 4.78 is 5.88. The van der Waals surface area contributed by atoms with Gasteiger partial charge in [0, 0.05) is 11.8 Å². The van der Waals surface area contributed by atoms with Crippen molar-refractivity contribution in [1.82, 2.24) is 4.98 Å².